The van der Waals surface area contributed by atoms with Crippen molar-refractivity contribution in [3.63, 3.8) is 0 Å². The van der Waals surface area contributed by atoms with Crippen LogP contribution in [0.5, 0.6) is 0 Å². The summed E-state index contributed by atoms with van der Waals surface area (Å²) in [6.45, 7) is 1.17. The SMILES string of the molecule is Cn1cc(C(=O)NCc2ccc(Cn3cncn3)cc2)c2ccccc21. The highest BCUT2D eigenvalue weighted by molar-refractivity contribution is 6.06. The van der Waals surface area contributed by atoms with Gasteiger partial charge in [-0.3, -0.25) is 4.79 Å². The number of carbonyl (C=O) groups is 1. The molecule has 0 atom stereocenters. The molecule has 4 aromatic rings. The van der Waals surface area contributed by atoms with E-state index in [1.165, 1.54) is 6.33 Å². The fourth-order valence-corrected chi connectivity index (χ4v) is 3.06. The number of para-hydroxylation sites is 1. The molecule has 4 rings (SSSR count). The number of aryl methyl sites for hydroxylation is 1. The van der Waals surface area contributed by atoms with Crippen LogP contribution in [-0.4, -0.2) is 25.2 Å². The van der Waals surface area contributed by atoms with Crippen LogP contribution in [0, 0.1) is 0 Å². The van der Waals surface area contributed by atoms with Crippen molar-refractivity contribution < 1.29 is 4.79 Å². The van der Waals surface area contributed by atoms with Crippen molar-refractivity contribution in [2.24, 2.45) is 7.05 Å². The normalized spacial score (nSPS) is 11.0. The van der Waals surface area contributed by atoms with Crippen molar-refractivity contribution >= 4 is 16.8 Å². The smallest absolute Gasteiger partial charge is 0.253 e. The Kier molecular flexibility index (Phi) is 4.23. The summed E-state index contributed by atoms with van der Waals surface area (Å²) in [5.74, 6) is -0.0616. The van der Waals surface area contributed by atoms with Gasteiger partial charge < -0.3 is 9.88 Å². The second kappa shape index (κ2) is 6.84. The third kappa shape index (κ3) is 3.21. The van der Waals surface area contributed by atoms with Crippen LogP contribution in [0.15, 0.2) is 67.4 Å². The first kappa shape index (κ1) is 16.1. The van der Waals surface area contributed by atoms with Crippen molar-refractivity contribution in [2.75, 3.05) is 0 Å². The first-order valence-electron chi connectivity index (χ1n) is 8.43. The number of nitrogens with zero attached hydrogens (tertiary/aromatic N) is 4. The molecule has 1 N–H and O–H groups in total. The fourth-order valence-electron chi connectivity index (χ4n) is 3.06. The van der Waals surface area contributed by atoms with E-state index >= 15 is 0 Å². The van der Waals surface area contributed by atoms with E-state index in [0.717, 1.165) is 22.0 Å². The zero-order valence-corrected chi connectivity index (χ0v) is 14.5. The number of fused-ring (bicyclic) bond motifs is 1. The summed E-state index contributed by atoms with van der Waals surface area (Å²) in [4.78, 5) is 16.5. The van der Waals surface area contributed by atoms with E-state index < -0.39 is 0 Å². The van der Waals surface area contributed by atoms with Gasteiger partial charge in [-0.25, -0.2) is 9.67 Å². The molecule has 0 unspecified atom stereocenters. The Labute approximate surface area is 151 Å². The molecule has 6 nitrogen and oxygen atoms in total. The molecule has 0 radical (unpaired) electrons. The number of carbonyl (C=O) groups excluding carboxylic acids is 1. The van der Waals surface area contributed by atoms with Gasteiger partial charge in [0.2, 0.25) is 0 Å². The zero-order chi connectivity index (χ0) is 17.9. The largest absolute Gasteiger partial charge is 0.350 e. The minimum atomic E-state index is -0.0616. The van der Waals surface area contributed by atoms with Gasteiger partial charge in [-0.15, -0.1) is 0 Å². The monoisotopic (exact) mass is 345 g/mol. The fraction of sp³-hybridized carbons (Fsp3) is 0.150. The lowest BCUT2D eigenvalue weighted by atomic mass is 10.1. The maximum Gasteiger partial charge on any atom is 0.253 e. The molecule has 130 valence electrons. The quantitative estimate of drug-likeness (QED) is 0.605. The Bertz CT molecular complexity index is 1030. The Morgan fingerprint density at radius 1 is 1.08 bits per heavy atom. The van der Waals surface area contributed by atoms with Crippen LogP contribution >= 0.6 is 0 Å². The van der Waals surface area contributed by atoms with E-state index in [1.54, 1.807) is 11.0 Å². The molecule has 26 heavy (non-hydrogen) atoms. The molecule has 0 aliphatic heterocycles. The average Bonchev–Trinajstić information content (AvgIpc) is 3.29. The molecule has 0 bridgehead atoms. The van der Waals surface area contributed by atoms with Gasteiger partial charge in [0.15, 0.2) is 0 Å². The molecule has 0 aliphatic carbocycles. The predicted octanol–water partition coefficient (Wildman–Crippen LogP) is 2.75. The number of benzene rings is 2. The van der Waals surface area contributed by atoms with Gasteiger partial charge in [-0.1, -0.05) is 42.5 Å². The lowest BCUT2D eigenvalue weighted by Gasteiger charge is -2.06. The molecule has 1 amide bonds. The van der Waals surface area contributed by atoms with Gasteiger partial charge in [0.05, 0.1) is 12.1 Å². The first-order chi connectivity index (χ1) is 12.7. The van der Waals surface area contributed by atoms with Crippen LogP contribution in [0.2, 0.25) is 0 Å². The van der Waals surface area contributed by atoms with Gasteiger partial charge >= 0.3 is 0 Å². The van der Waals surface area contributed by atoms with E-state index in [0.29, 0.717) is 18.7 Å². The van der Waals surface area contributed by atoms with Gasteiger partial charge in [0.1, 0.15) is 12.7 Å². The highest BCUT2D eigenvalue weighted by Crippen LogP contribution is 2.20. The van der Waals surface area contributed by atoms with E-state index in [4.69, 9.17) is 0 Å². The molecular formula is C20H19N5O. The zero-order valence-electron chi connectivity index (χ0n) is 14.5. The van der Waals surface area contributed by atoms with Gasteiger partial charge in [0, 0.05) is 30.7 Å². The van der Waals surface area contributed by atoms with Crippen molar-refractivity contribution in [1.29, 1.82) is 0 Å². The molecule has 2 heterocycles. The third-order valence-electron chi connectivity index (χ3n) is 4.43. The van der Waals surface area contributed by atoms with Crippen LogP contribution in [0.25, 0.3) is 10.9 Å². The summed E-state index contributed by atoms with van der Waals surface area (Å²) in [5, 5.41) is 8.07. The Balaban J connectivity index is 1.42. The molecule has 2 aromatic heterocycles. The van der Waals surface area contributed by atoms with E-state index in [-0.39, 0.29) is 5.91 Å². The maximum absolute atomic E-state index is 12.6. The molecule has 0 saturated heterocycles. The minimum Gasteiger partial charge on any atom is -0.350 e. The summed E-state index contributed by atoms with van der Waals surface area (Å²) >= 11 is 0. The molecule has 0 saturated carbocycles. The highest BCUT2D eigenvalue weighted by atomic mass is 16.1. The minimum absolute atomic E-state index is 0.0616. The predicted molar refractivity (Wildman–Crippen MR) is 99.7 cm³/mol. The van der Waals surface area contributed by atoms with E-state index in [9.17, 15) is 4.79 Å². The summed E-state index contributed by atoms with van der Waals surface area (Å²) in [6, 6.07) is 16.1. The van der Waals surface area contributed by atoms with Gasteiger partial charge in [0.25, 0.3) is 5.91 Å². The van der Waals surface area contributed by atoms with Crippen molar-refractivity contribution in [3.05, 3.63) is 84.1 Å². The van der Waals surface area contributed by atoms with E-state index in [1.807, 2.05) is 66.3 Å². The molecule has 0 spiro atoms. The second-order valence-corrected chi connectivity index (χ2v) is 6.26. The lowest BCUT2D eigenvalue weighted by molar-refractivity contribution is 0.0952. The highest BCUT2D eigenvalue weighted by Gasteiger charge is 2.13. The third-order valence-corrected chi connectivity index (χ3v) is 4.43. The van der Waals surface area contributed by atoms with Crippen molar-refractivity contribution in [1.82, 2.24) is 24.6 Å². The molecule has 0 fully saturated rings. The van der Waals surface area contributed by atoms with Crippen molar-refractivity contribution in [3.8, 4) is 0 Å². The Hall–Kier alpha value is -3.41. The van der Waals surface area contributed by atoms with E-state index in [2.05, 4.69) is 15.4 Å². The summed E-state index contributed by atoms with van der Waals surface area (Å²) in [6.07, 6.45) is 5.09. The van der Waals surface area contributed by atoms with Crippen LogP contribution < -0.4 is 5.32 Å². The average molecular weight is 345 g/mol. The Morgan fingerprint density at radius 2 is 1.85 bits per heavy atom. The number of rotatable bonds is 5. The number of amides is 1. The van der Waals surface area contributed by atoms with Crippen LogP contribution in [-0.2, 0) is 20.1 Å². The summed E-state index contributed by atoms with van der Waals surface area (Å²) in [7, 11) is 1.95. The lowest BCUT2D eigenvalue weighted by Crippen LogP contribution is -2.22. The molecule has 2 aromatic carbocycles. The molecule has 0 aliphatic rings. The summed E-state index contributed by atoms with van der Waals surface area (Å²) < 4.78 is 3.75. The number of aromatic nitrogens is 4. The van der Waals surface area contributed by atoms with Crippen LogP contribution in [0.4, 0.5) is 0 Å². The first-order valence-corrected chi connectivity index (χ1v) is 8.43. The standard InChI is InChI=1S/C20H19N5O/c1-24-12-18(17-4-2-3-5-19(17)24)20(26)22-10-15-6-8-16(9-7-15)11-25-14-21-13-23-25/h2-9,12-14H,10-11H2,1H3,(H,22,26). The summed E-state index contributed by atoms with van der Waals surface area (Å²) in [5.41, 5.74) is 3.95. The number of hydrogen-bond acceptors (Lipinski definition) is 3. The molecular weight excluding hydrogens is 326 g/mol. The number of hydrogen-bond donors (Lipinski definition) is 1. The number of nitrogens with one attached hydrogen (secondary N) is 1. The second-order valence-electron chi connectivity index (χ2n) is 6.26. The van der Waals surface area contributed by atoms with Crippen LogP contribution in [0.3, 0.4) is 0 Å². The van der Waals surface area contributed by atoms with Crippen molar-refractivity contribution in [2.45, 2.75) is 13.1 Å². The van der Waals surface area contributed by atoms with Gasteiger partial charge in [-0.2, -0.15) is 5.10 Å². The Morgan fingerprint density at radius 3 is 2.62 bits per heavy atom. The topological polar surface area (TPSA) is 64.7 Å². The van der Waals surface area contributed by atoms with Crippen LogP contribution in [0.1, 0.15) is 21.5 Å². The molecule has 6 heteroatoms. The van der Waals surface area contributed by atoms with Gasteiger partial charge in [-0.05, 0) is 17.2 Å². The maximum atomic E-state index is 12.6.